The molecule has 2 fully saturated rings. The van der Waals surface area contributed by atoms with Crippen molar-refractivity contribution in [2.45, 2.75) is 6.54 Å². The van der Waals surface area contributed by atoms with E-state index in [-0.39, 0.29) is 19.1 Å². The van der Waals surface area contributed by atoms with Crippen LogP contribution in [0, 0.1) is 0 Å². The molecule has 0 saturated carbocycles. The molecule has 13 heteroatoms. The summed E-state index contributed by atoms with van der Waals surface area (Å²) in [5.41, 5.74) is 3.39. The Morgan fingerprint density at radius 1 is 0.829 bits per heavy atom. The third kappa shape index (κ3) is 6.06. The van der Waals surface area contributed by atoms with E-state index in [4.69, 9.17) is 24.4 Å². The van der Waals surface area contributed by atoms with Crippen LogP contribution in [0.25, 0.3) is 11.4 Å². The van der Waals surface area contributed by atoms with Crippen LogP contribution in [0.2, 0.25) is 0 Å². The molecular formula is C28H32N8O5. The maximum absolute atomic E-state index is 12.7. The van der Waals surface area contributed by atoms with Crippen molar-refractivity contribution in [1.82, 2.24) is 19.9 Å². The highest BCUT2D eigenvalue weighted by molar-refractivity contribution is 6.02. The zero-order chi connectivity index (χ0) is 28.2. The number of β-amino-alcohol motifs (C(OH)–C–C–N with tert-alkyl or cyclic N) is 1. The van der Waals surface area contributed by atoms with Crippen molar-refractivity contribution in [3.63, 3.8) is 0 Å². The molecule has 0 atom stereocenters. The summed E-state index contributed by atoms with van der Waals surface area (Å²) < 4.78 is 11.0. The van der Waals surface area contributed by atoms with Crippen LogP contribution in [-0.4, -0.2) is 103 Å². The molecule has 3 aromatic rings. The van der Waals surface area contributed by atoms with E-state index >= 15 is 0 Å². The number of aromatic nitrogens is 3. The molecule has 13 nitrogen and oxygen atoms in total. The number of ether oxygens (including phenoxy) is 2. The number of hydrogen-bond donors (Lipinski definition) is 3. The Morgan fingerprint density at radius 2 is 1.41 bits per heavy atom. The van der Waals surface area contributed by atoms with E-state index < -0.39 is 6.03 Å². The molecule has 3 aliphatic heterocycles. The highest BCUT2D eigenvalue weighted by atomic mass is 16.5. The van der Waals surface area contributed by atoms with Gasteiger partial charge in [-0.1, -0.05) is 0 Å². The van der Waals surface area contributed by atoms with Gasteiger partial charge in [0.1, 0.15) is 0 Å². The minimum absolute atomic E-state index is 0.0939. The minimum Gasteiger partial charge on any atom is -0.395 e. The number of carbonyl (C=O) groups is 2. The van der Waals surface area contributed by atoms with Crippen molar-refractivity contribution < 1.29 is 24.2 Å². The summed E-state index contributed by atoms with van der Waals surface area (Å²) in [6.07, 6.45) is 0. The molecule has 0 aliphatic carbocycles. The van der Waals surface area contributed by atoms with Crippen molar-refractivity contribution >= 4 is 35.2 Å². The molecule has 1 aromatic heterocycles. The lowest BCUT2D eigenvalue weighted by Gasteiger charge is -2.30. The lowest BCUT2D eigenvalue weighted by Crippen LogP contribution is -2.40. The zero-order valence-corrected chi connectivity index (χ0v) is 22.6. The van der Waals surface area contributed by atoms with E-state index in [9.17, 15) is 14.7 Å². The van der Waals surface area contributed by atoms with Gasteiger partial charge in [0.15, 0.2) is 5.82 Å². The van der Waals surface area contributed by atoms with E-state index in [0.717, 1.165) is 11.1 Å². The second kappa shape index (κ2) is 12.0. The summed E-state index contributed by atoms with van der Waals surface area (Å²) >= 11 is 0. The van der Waals surface area contributed by atoms with Crippen LogP contribution in [0.4, 0.5) is 28.1 Å². The van der Waals surface area contributed by atoms with Gasteiger partial charge in [0.05, 0.1) is 33.0 Å². The first-order valence-corrected chi connectivity index (χ1v) is 13.7. The average Bonchev–Trinajstić information content (AvgIpc) is 3.32. The number of amides is 3. The Morgan fingerprint density at radius 3 is 2.02 bits per heavy atom. The standard InChI is InChI=1S/C28H32N8O5/c37-12-7-36-18-20-17-22(5-6-23(20)25(36)38)30-28(39)29-21-3-1-19(2-4-21)24-31-26(34-8-13-40-14-9-34)33-27(32-24)35-10-15-41-16-11-35/h1-6,17,37H,7-16,18H2,(H2,29,30,39). The Balaban J connectivity index is 1.15. The smallest absolute Gasteiger partial charge is 0.323 e. The van der Waals surface area contributed by atoms with Crippen molar-refractivity contribution in [2.24, 2.45) is 0 Å². The number of urea groups is 1. The van der Waals surface area contributed by atoms with Crippen molar-refractivity contribution in [3.8, 4) is 11.4 Å². The normalized spacial score (nSPS) is 17.0. The molecule has 4 heterocycles. The van der Waals surface area contributed by atoms with Gasteiger partial charge in [-0.15, -0.1) is 0 Å². The number of nitrogens with zero attached hydrogens (tertiary/aromatic N) is 6. The molecule has 3 aliphatic rings. The van der Waals surface area contributed by atoms with Gasteiger partial charge < -0.3 is 39.9 Å². The third-order valence-electron chi connectivity index (χ3n) is 7.21. The molecule has 2 saturated heterocycles. The van der Waals surface area contributed by atoms with Crippen LogP contribution in [0.3, 0.4) is 0 Å². The van der Waals surface area contributed by atoms with Crippen molar-refractivity contribution in [2.75, 3.05) is 86.2 Å². The molecule has 3 N–H and O–H groups in total. The Labute approximate surface area is 237 Å². The molecule has 2 aromatic carbocycles. The van der Waals surface area contributed by atoms with Gasteiger partial charge in [0.25, 0.3) is 5.91 Å². The molecule has 3 amide bonds. The number of morpholine rings is 2. The lowest BCUT2D eigenvalue weighted by atomic mass is 10.1. The lowest BCUT2D eigenvalue weighted by molar-refractivity contribution is 0.0745. The molecule has 6 rings (SSSR count). The summed E-state index contributed by atoms with van der Waals surface area (Å²) in [6, 6.07) is 12.1. The number of hydrogen-bond acceptors (Lipinski definition) is 10. The monoisotopic (exact) mass is 560 g/mol. The zero-order valence-electron chi connectivity index (χ0n) is 22.6. The first kappa shape index (κ1) is 26.9. The fraction of sp³-hybridized carbons (Fsp3) is 0.393. The first-order chi connectivity index (χ1) is 20.1. The van der Waals surface area contributed by atoms with E-state index in [1.54, 1.807) is 35.2 Å². The van der Waals surface area contributed by atoms with Gasteiger partial charge in [-0.05, 0) is 48.0 Å². The van der Waals surface area contributed by atoms with Crippen LogP contribution in [0.15, 0.2) is 42.5 Å². The summed E-state index contributed by atoms with van der Waals surface area (Å²) in [7, 11) is 0. The summed E-state index contributed by atoms with van der Waals surface area (Å²) in [5, 5.41) is 14.8. The summed E-state index contributed by atoms with van der Waals surface area (Å²) in [4.78, 5) is 45.2. The molecule has 0 radical (unpaired) electrons. The molecule has 0 spiro atoms. The molecular weight excluding hydrogens is 528 g/mol. The number of fused-ring (bicyclic) bond motifs is 1. The Hall–Kier alpha value is -4.33. The van der Waals surface area contributed by atoms with Crippen molar-refractivity contribution in [3.05, 3.63) is 53.6 Å². The van der Waals surface area contributed by atoms with E-state index in [1.165, 1.54) is 0 Å². The van der Waals surface area contributed by atoms with Gasteiger partial charge in [-0.25, -0.2) is 4.79 Å². The van der Waals surface area contributed by atoms with Gasteiger partial charge in [0, 0.05) is 61.8 Å². The minimum atomic E-state index is -0.404. The second-order valence-electron chi connectivity index (χ2n) is 9.94. The highest BCUT2D eigenvalue weighted by Crippen LogP contribution is 2.27. The maximum Gasteiger partial charge on any atom is 0.323 e. The van der Waals surface area contributed by atoms with Gasteiger partial charge in [0.2, 0.25) is 11.9 Å². The van der Waals surface area contributed by atoms with Gasteiger partial charge in [-0.2, -0.15) is 15.0 Å². The number of carbonyl (C=O) groups excluding carboxylic acids is 2. The average molecular weight is 561 g/mol. The van der Waals surface area contributed by atoms with Crippen molar-refractivity contribution in [1.29, 1.82) is 0 Å². The number of aliphatic hydroxyl groups excluding tert-OH is 1. The summed E-state index contributed by atoms with van der Waals surface area (Å²) in [5.74, 6) is 1.69. The predicted octanol–water partition coefficient (Wildman–Crippen LogP) is 1.80. The second-order valence-corrected chi connectivity index (χ2v) is 9.94. The van der Waals surface area contributed by atoms with Crippen LogP contribution >= 0.6 is 0 Å². The molecule has 41 heavy (non-hydrogen) atoms. The Bertz CT molecular complexity index is 1370. The number of benzene rings is 2. The quantitative estimate of drug-likeness (QED) is 0.391. The number of rotatable bonds is 7. The highest BCUT2D eigenvalue weighted by Gasteiger charge is 2.27. The fourth-order valence-electron chi connectivity index (χ4n) is 5.05. The Kier molecular flexibility index (Phi) is 7.89. The van der Waals surface area contributed by atoms with Gasteiger partial charge in [-0.3, -0.25) is 4.79 Å². The largest absolute Gasteiger partial charge is 0.395 e. The third-order valence-corrected chi connectivity index (χ3v) is 7.21. The van der Waals surface area contributed by atoms with E-state index in [1.807, 2.05) is 12.1 Å². The van der Waals surface area contributed by atoms with E-state index in [2.05, 4.69) is 20.4 Å². The fourth-order valence-corrected chi connectivity index (χ4v) is 5.05. The number of aliphatic hydroxyl groups is 1. The van der Waals surface area contributed by atoms with Crippen LogP contribution in [0.5, 0.6) is 0 Å². The number of anilines is 4. The predicted molar refractivity (Wildman–Crippen MR) is 152 cm³/mol. The molecule has 214 valence electrons. The SMILES string of the molecule is O=C(Nc1ccc(-c2nc(N3CCOCC3)nc(N3CCOCC3)n2)cc1)Nc1ccc2c(c1)CN(CCO)C2=O. The van der Waals surface area contributed by atoms with E-state index in [0.29, 0.717) is 93.8 Å². The maximum atomic E-state index is 12.7. The van der Waals surface area contributed by atoms with Gasteiger partial charge >= 0.3 is 6.03 Å². The molecule has 0 unspecified atom stereocenters. The van der Waals surface area contributed by atoms with Crippen LogP contribution in [-0.2, 0) is 16.0 Å². The van der Waals surface area contributed by atoms with Crippen LogP contribution in [0.1, 0.15) is 15.9 Å². The first-order valence-electron chi connectivity index (χ1n) is 13.7. The molecule has 0 bridgehead atoms. The number of nitrogens with one attached hydrogen (secondary N) is 2. The van der Waals surface area contributed by atoms with Crippen LogP contribution < -0.4 is 20.4 Å². The summed E-state index contributed by atoms with van der Waals surface area (Å²) in [6.45, 7) is 5.95. The topological polar surface area (TPSA) is 145 Å².